The van der Waals surface area contributed by atoms with Crippen LogP contribution in [0.25, 0.3) is 0 Å². The quantitative estimate of drug-likeness (QED) is 0.878. The van der Waals surface area contributed by atoms with Gasteiger partial charge >= 0.3 is 0 Å². The fraction of sp³-hybridized carbons (Fsp3) is 0.556. The van der Waals surface area contributed by atoms with Crippen LogP contribution in [0.4, 0.5) is 0 Å². The minimum Gasteiger partial charge on any atom is -0.353 e. The highest BCUT2D eigenvalue weighted by atomic mass is 35.5. The van der Waals surface area contributed by atoms with E-state index in [4.69, 9.17) is 17.3 Å². The molecule has 1 heterocycles. The van der Waals surface area contributed by atoms with Crippen molar-refractivity contribution in [1.82, 2.24) is 10.2 Å². The van der Waals surface area contributed by atoms with E-state index in [9.17, 15) is 9.59 Å². The predicted molar refractivity (Wildman–Crippen MR) is 93.4 cm³/mol. The third kappa shape index (κ3) is 3.57. The van der Waals surface area contributed by atoms with Crippen molar-refractivity contribution in [1.29, 1.82) is 0 Å². The summed E-state index contributed by atoms with van der Waals surface area (Å²) < 4.78 is 0. The number of halogens is 1. The zero-order chi connectivity index (χ0) is 17.3. The topological polar surface area (TPSA) is 75.4 Å². The van der Waals surface area contributed by atoms with Gasteiger partial charge in [0.1, 0.15) is 0 Å². The zero-order valence-corrected chi connectivity index (χ0v) is 14.6. The maximum Gasteiger partial charge on any atom is 0.226 e. The molecule has 1 aliphatic heterocycles. The number of carbonyl (C=O) groups is 2. The van der Waals surface area contributed by atoms with Crippen LogP contribution in [-0.2, 0) is 9.59 Å². The lowest BCUT2D eigenvalue weighted by Crippen LogP contribution is -2.44. The molecule has 1 saturated heterocycles. The average Bonchev–Trinajstić information content (AvgIpc) is 2.85. The van der Waals surface area contributed by atoms with Gasteiger partial charge in [0.2, 0.25) is 11.8 Å². The number of nitrogens with one attached hydrogen (secondary N) is 1. The van der Waals surface area contributed by atoms with Crippen LogP contribution < -0.4 is 11.1 Å². The molecule has 3 N–H and O–H groups in total. The second-order valence-electron chi connectivity index (χ2n) is 6.94. The lowest BCUT2D eigenvalue weighted by Gasteiger charge is -2.30. The van der Waals surface area contributed by atoms with Crippen LogP contribution in [0.2, 0.25) is 5.02 Å². The molecule has 6 heteroatoms. The van der Waals surface area contributed by atoms with Crippen LogP contribution >= 0.6 is 11.6 Å². The van der Waals surface area contributed by atoms with Crippen molar-refractivity contribution in [3.63, 3.8) is 0 Å². The highest BCUT2D eigenvalue weighted by Crippen LogP contribution is 2.38. The fourth-order valence-corrected chi connectivity index (χ4v) is 4.02. The number of amides is 2. The Morgan fingerprint density at radius 1 is 1.29 bits per heavy atom. The van der Waals surface area contributed by atoms with Gasteiger partial charge in [0.25, 0.3) is 0 Å². The minimum atomic E-state index is -0.378. The molecule has 2 atom stereocenters. The Labute approximate surface area is 147 Å². The molecule has 24 heavy (non-hydrogen) atoms. The summed E-state index contributed by atoms with van der Waals surface area (Å²) >= 11 is 6.09. The summed E-state index contributed by atoms with van der Waals surface area (Å²) in [6.07, 6.45) is 3.93. The van der Waals surface area contributed by atoms with Crippen molar-refractivity contribution in [2.45, 2.75) is 50.2 Å². The SMILES string of the molecule is CN1C(=O)CC(C(=O)NC2CCC(N)CC2)C1c1cccc(Cl)c1. The Morgan fingerprint density at radius 2 is 2.00 bits per heavy atom. The van der Waals surface area contributed by atoms with Gasteiger partial charge in [0.05, 0.1) is 12.0 Å². The number of nitrogens with zero attached hydrogens (tertiary/aromatic N) is 1. The molecule has 5 nitrogen and oxygen atoms in total. The molecule has 0 spiro atoms. The molecule has 1 aromatic carbocycles. The van der Waals surface area contributed by atoms with Gasteiger partial charge in [-0.15, -0.1) is 0 Å². The molecule has 2 amide bonds. The van der Waals surface area contributed by atoms with Gasteiger partial charge in [0, 0.05) is 30.6 Å². The van der Waals surface area contributed by atoms with E-state index < -0.39 is 0 Å². The smallest absolute Gasteiger partial charge is 0.226 e. The maximum atomic E-state index is 12.8. The molecule has 2 fully saturated rings. The monoisotopic (exact) mass is 349 g/mol. The maximum absolute atomic E-state index is 12.8. The summed E-state index contributed by atoms with van der Waals surface area (Å²) in [7, 11) is 1.75. The van der Waals surface area contributed by atoms with E-state index in [1.807, 2.05) is 18.2 Å². The first-order valence-corrected chi connectivity index (χ1v) is 8.90. The van der Waals surface area contributed by atoms with E-state index in [0.29, 0.717) is 5.02 Å². The Hall–Kier alpha value is -1.59. The number of hydrogen-bond donors (Lipinski definition) is 2. The molecular weight excluding hydrogens is 326 g/mol. The third-order valence-corrected chi connectivity index (χ3v) is 5.47. The second kappa shape index (κ2) is 7.11. The highest BCUT2D eigenvalue weighted by molar-refractivity contribution is 6.30. The summed E-state index contributed by atoms with van der Waals surface area (Å²) in [6, 6.07) is 7.55. The molecule has 1 aliphatic carbocycles. The van der Waals surface area contributed by atoms with Crippen LogP contribution in [0.1, 0.15) is 43.7 Å². The van der Waals surface area contributed by atoms with Gasteiger partial charge in [-0.25, -0.2) is 0 Å². The van der Waals surface area contributed by atoms with E-state index in [-0.39, 0.29) is 42.3 Å². The summed E-state index contributed by atoms with van der Waals surface area (Å²) in [4.78, 5) is 26.6. The second-order valence-corrected chi connectivity index (χ2v) is 7.37. The molecule has 2 unspecified atom stereocenters. The van der Waals surface area contributed by atoms with Crippen molar-refractivity contribution in [2.24, 2.45) is 11.7 Å². The lowest BCUT2D eigenvalue weighted by molar-refractivity contribution is -0.128. The summed E-state index contributed by atoms with van der Waals surface area (Å²) in [5.74, 6) is -0.430. The molecule has 0 bridgehead atoms. The number of benzene rings is 1. The largest absolute Gasteiger partial charge is 0.353 e. The van der Waals surface area contributed by atoms with Crippen molar-refractivity contribution >= 4 is 23.4 Å². The van der Waals surface area contributed by atoms with Gasteiger partial charge in [-0.2, -0.15) is 0 Å². The number of nitrogens with two attached hydrogens (primary N) is 1. The van der Waals surface area contributed by atoms with E-state index in [2.05, 4.69) is 5.32 Å². The normalized spacial score (nSPS) is 30.5. The van der Waals surface area contributed by atoms with Crippen molar-refractivity contribution in [2.75, 3.05) is 7.05 Å². The molecule has 0 aromatic heterocycles. The first-order valence-electron chi connectivity index (χ1n) is 8.53. The van der Waals surface area contributed by atoms with Gasteiger partial charge < -0.3 is 16.0 Å². The number of likely N-dealkylation sites (tertiary alicyclic amines) is 1. The molecule has 1 saturated carbocycles. The molecular formula is C18H24ClN3O2. The summed E-state index contributed by atoms with van der Waals surface area (Å²) in [6.45, 7) is 0. The van der Waals surface area contributed by atoms with Crippen LogP contribution in [0.15, 0.2) is 24.3 Å². The fourth-order valence-electron chi connectivity index (χ4n) is 3.82. The van der Waals surface area contributed by atoms with Crippen LogP contribution in [0.3, 0.4) is 0 Å². The third-order valence-electron chi connectivity index (χ3n) is 5.23. The predicted octanol–water partition coefficient (Wildman–Crippen LogP) is 2.25. The van der Waals surface area contributed by atoms with Crippen LogP contribution in [0.5, 0.6) is 0 Å². The first-order chi connectivity index (χ1) is 11.5. The molecule has 130 valence electrons. The Bertz CT molecular complexity index is 628. The van der Waals surface area contributed by atoms with E-state index >= 15 is 0 Å². The first kappa shape index (κ1) is 17.2. The van der Waals surface area contributed by atoms with Crippen molar-refractivity contribution in [3.8, 4) is 0 Å². The average molecular weight is 350 g/mol. The summed E-state index contributed by atoms with van der Waals surface area (Å²) in [5.41, 5.74) is 6.83. The van der Waals surface area contributed by atoms with Gasteiger partial charge in [-0.1, -0.05) is 23.7 Å². The van der Waals surface area contributed by atoms with E-state index in [0.717, 1.165) is 31.2 Å². The Morgan fingerprint density at radius 3 is 2.67 bits per heavy atom. The molecule has 3 rings (SSSR count). The molecule has 1 aromatic rings. The van der Waals surface area contributed by atoms with Gasteiger partial charge in [-0.3, -0.25) is 9.59 Å². The van der Waals surface area contributed by atoms with Gasteiger partial charge in [0.15, 0.2) is 0 Å². The van der Waals surface area contributed by atoms with Gasteiger partial charge in [-0.05, 0) is 43.4 Å². The molecule has 2 aliphatic rings. The van der Waals surface area contributed by atoms with Crippen LogP contribution in [0, 0.1) is 5.92 Å². The van der Waals surface area contributed by atoms with Crippen molar-refractivity contribution < 1.29 is 9.59 Å². The minimum absolute atomic E-state index is 0.00853. The standard InChI is InChI=1S/C18H24ClN3O2/c1-22-16(23)10-15(17(22)11-3-2-4-12(19)9-11)18(24)21-14-7-5-13(20)6-8-14/h2-4,9,13-15,17H,5-8,10,20H2,1H3,(H,21,24). The van der Waals surface area contributed by atoms with E-state index in [1.54, 1.807) is 18.0 Å². The Balaban J connectivity index is 1.75. The summed E-state index contributed by atoms with van der Waals surface area (Å²) in [5, 5.41) is 3.74. The lowest BCUT2D eigenvalue weighted by atomic mass is 9.89. The molecule has 0 radical (unpaired) electrons. The van der Waals surface area contributed by atoms with Crippen molar-refractivity contribution in [3.05, 3.63) is 34.9 Å². The zero-order valence-electron chi connectivity index (χ0n) is 13.9. The highest BCUT2D eigenvalue weighted by Gasteiger charge is 2.43. The number of carbonyl (C=O) groups excluding carboxylic acids is 2. The van der Waals surface area contributed by atoms with Crippen LogP contribution in [-0.4, -0.2) is 35.8 Å². The number of rotatable bonds is 3. The number of hydrogen-bond acceptors (Lipinski definition) is 3. The Kier molecular flexibility index (Phi) is 5.11. The van der Waals surface area contributed by atoms with E-state index in [1.165, 1.54) is 0 Å².